The van der Waals surface area contributed by atoms with Crippen molar-refractivity contribution in [3.05, 3.63) is 42.1 Å². The molecule has 0 bridgehead atoms. The van der Waals surface area contributed by atoms with Gasteiger partial charge >= 0.3 is 0 Å². The summed E-state index contributed by atoms with van der Waals surface area (Å²) in [6.45, 7) is 4.04. The predicted molar refractivity (Wildman–Crippen MR) is 78.2 cm³/mol. The van der Waals surface area contributed by atoms with Gasteiger partial charge < -0.3 is 5.73 Å². The Morgan fingerprint density at radius 2 is 1.71 bits per heavy atom. The van der Waals surface area contributed by atoms with Gasteiger partial charge in [0.05, 0.1) is 5.52 Å². The summed E-state index contributed by atoms with van der Waals surface area (Å²) in [4.78, 5) is 4.58. The summed E-state index contributed by atoms with van der Waals surface area (Å²) in [7, 11) is 0. The minimum Gasteiger partial charge on any atom is -0.325 e. The second kappa shape index (κ2) is 6.20. The van der Waals surface area contributed by atoms with E-state index < -0.39 is 0 Å². The van der Waals surface area contributed by atoms with Gasteiger partial charge in [0, 0.05) is 23.0 Å². The predicted octanol–water partition coefficient (Wildman–Crippen LogP) is 3.36. The Morgan fingerprint density at radius 3 is 2.35 bits per heavy atom. The van der Waals surface area contributed by atoms with Gasteiger partial charge in [-0.3, -0.25) is 4.98 Å². The van der Waals surface area contributed by atoms with Crippen LogP contribution in [-0.4, -0.2) is 10.5 Å². The highest BCUT2D eigenvalue weighted by molar-refractivity contribution is 5.85. The molecule has 1 aromatic carbocycles. The number of rotatable bonds is 2. The van der Waals surface area contributed by atoms with Crippen molar-refractivity contribution < 1.29 is 0 Å². The number of para-hydroxylation sites is 1. The first-order valence-electron chi connectivity index (χ1n) is 5.18. The molecular formula is C13H18Cl2N2. The standard InChI is InChI=1S/C13H16N2.2ClH/c1-13(2,14)9-11-8-7-10-5-3-4-6-12(10)15-11;;/h3-8H,9,14H2,1-2H3;2*1H. The van der Waals surface area contributed by atoms with Crippen molar-refractivity contribution in [1.29, 1.82) is 0 Å². The van der Waals surface area contributed by atoms with Crippen molar-refractivity contribution in [1.82, 2.24) is 4.98 Å². The monoisotopic (exact) mass is 272 g/mol. The van der Waals surface area contributed by atoms with Gasteiger partial charge in [-0.05, 0) is 26.0 Å². The zero-order chi connectivity index (χ0) is 10.9. The first-order chi connectivity index (χ1) is 7.04. The van der Waals surface area contributed by atoms with E-state index in [9.17, 15) is 0 Å². The Bertz CT molecular complexity index is 478. The van der Waals surface area contributed by atoms with E-state index in [-0.39, 0.29) is 30.4 Å². The van der Waals surface area contributed by atoms with Gasteiger partial charge in [-0.15, -0.1) is 24.8 Å². The lowest BCUT2D eigenvalue weighted by Gasteiger charge is -2.17. The minimum absolute atomic E-state index is 0. The Balaban J connectivity index is 0.00000128. The average molecular weight is 273 g/mol. The number of nitrogens with zero attached hydrogens (tertiary/aromatic N) is 1. The molecule has 0 amide bonds. The lowest BCUT2D eigenvalue weighted by atomic mass is 9.99. The van der Waals surface area contributed by atoms with E-state index >= 15 is 0 Å². The van der Waals surface area contributed by atoms with Gasteiger partial charge in [-0.1, -0.05) is 24.3 Å². The summed E-state index contributed by atoms with van der Waals surface area (Å²) in [5.74, 6) is 0. The van der Waals surface area contributed by atoms with Gasteiger partial charge in [0.25, 0.3) is 0 Å². The van der Waals surface area contributed by atoms with Crippen LogP contribution in [0.25, 0.3) is 10.9 Å². The highest BCUT2D eigenvalue weighted by atomic mass is 35.5. The van der Waals surface area contributed by atoms with Gasteiger partial charge in [0.1, 0.15) is 0 Å². The third kappa shape index (κ3) is 4.50. The van der Waals surface area contributed by atoms with Crippen molar-refractivity contribution in [2.75, 3.05) is 0 Å². The number of pyridine rings is 1. The van der Waals surface area contributed by atoms with Crippen LogP contribution in [0, 0.1) is 0 Å². The third-order valence-electron chi connectivity index (χ3n) is 2.29. The fourth-order valence-corrected chi connectivity index (χ4v) is 1.67. The normalized spacial score (nSPS) is 10.5. The number of fused-ring (bicyclic) bond motifs is 1. The maximum atomic E-state index is 5.97. The molecule has 1 aromatic heterocycles. The molecule has 0 radical (unpaired) electrons. The highest BCUT2D eigenvalue weighted by Crippen LogP contribution is 2.14. The smallest absolute Gasteiger partial charge is 0.0705 e. The zero-order valence-electron chi connectivity index (χ0n) is 10.0. The van der Waals surface area contributed by atoms with Crippen LogP contribution in [-0.2, 0) is 6.42 Å². The van der Waals surface area contributed by atoms with Crippen LogP contribution in [0.3, 0.4) is 0 Å². The molecule has 2 aromatic rings. The van der Waals surface area contributed by atoms with Crippen LogP contribution >= 0.6 is 24.8 Å². The summed E-state index contributed by atoms with van der Waals surface area (Å²) in [5.41, 5.74) is 7.87. The first kappa shape index (κ1) is 16.2. The van der Waals surface area contributed by atoms with Crippen molar-refractivity contribution >= 4 is 35.7 Å². The number of halogens is 2. The minimum atomic E-state index is -0.199. The fourth-order valence-electron chi connectivity index (χ4n) is 1.67. The maximum absolute atomic E-state index is 5.97. The summed E-state index contributed by atoms with van der Waals surface area (Å²) in [5, 5.41) is 1.18. The number of aromatic nitrogens is 1. The van der Waals surface area contributed by atoms with Crippen LogP contribution in [0.4, 0.5) is 0 Å². The fraction of sp³-hybridized carbons (Fsp3) is 0.308. The summed E-state index contributed by atoms with van der Waals surface area (Å²) in [6, 6.07) is 12.3. The van der Waals surface area contributed by atoms with Crippen LogP contribution < -0.4 is 5.73 Å². The van der Waals surface area contributed by atoms with E-state index in [4.69, 9.17) is 5.73 Å². The van der Waals surface area contributed by atoms with E-state index in [1.165, 1.54) is 5.39 Å². The summed E-state index contributed by atoms with van der Waals surface area (Å²) < 4.78 is 0. The molecule has 94 valence electrons. The second-order valence-electron chi connectivity index (χ2n) is 4.66. The van der Waals surface area contributed by atoms with Crippen molar-refractivity contribution in [2.24, 2.45) is 5.73 Å². The maximum Gasteiger partial charge on any atom is 0.0705 e. The van der Waals surface area contributed by atoms with Gasteiger partial charge in [-0.2, -0.15) is 0 Å². The Labute approximate surface area is 114 Å². The molecular weight excluding hydrogens is 255 g/mol. The van der Waals surface area contributed by atoms with Crippen LogP contribution in [0.15, 0.2) is 36.4 Å². The zero-order valence-corrected chi connectivity index (χ0v) is 11.6. The lowest BCUT2D eigenvalue weighted by molar-refractivity contribution is 0.511. The molecule has 2 N–H and O–H groups in total. The van der Waals surface area contributed by atoms with E-state index in [2.05, 4.69) is 23.2 Å². The molecule has 17 heavy (non-hydrogen) atoms. The van der Waals surface area contributed by atoms with E-state index in [0.29, 0.717) is 0 Å². The Hall–Kier alpha value is -0.830. The lowest BCUT2D eigenvalue weighted by Crippen LogP contribution is -2.34. The van der Waals surface area contributed by atoms with Crippen molar-refractivity contribution in [3.63, 3.8) is 0 Å². The number of hydrogen-bond acceptors (Lipinski definition) is 2. The molecule has 0 spiro atoms. The Morgan fingerprint density at radius 1 is 1.06 bits per heavy atom. The summed E-state index contributed by atoms with van der Waals surface area (Å²) in [6.07, 6.45) is 0.803. The SMILES string of the molecule is CC(C)(N)Cc1ccc2ccccc2n1.Cl.Cl. The molecule has 0 unspecified atom stereocenters. The van der Waals surface area contributed by atoms with Crippen LogP contribution in [0.5, 0.6) is 0 Å². The highest BCUT2D eigenvalue weighted by Gasteiger charge is 2.12. The topological polar surface area (TPSA) is 38.9 Å². The van der Waals surface area contributed by atoms with Crippen LogP contribution in [0.2, 0.25) is 0 Å². The Kier molecular flexibility index (Phi) is 5.89. The van der Waals surface area contributed by atoms with Crippen LogP contribution in [0.1, 0.15) is 19.5 Å². The number of nitrogens with two attached hydrogens (primary N) is 1. The molecule has 0 saturated carbocycles. The molecule has 0 aliphatic carbocycles. The van der Waals surface area contributed by atoms with Gasteiger partial charge in [0.15, 0.2) is 0 Å². The van der Waals surface area contributed by atoms with E-state index in [1.54, 1.807) is 0 Å². The molecule has 0 atom stereocenters. The molecule has 1 heterocycles. The van der Waals surface area contributed by atoms with Gasteiger partial charge in [-0.25, -0.2) is 0 Å². The number of benzene rings is 1. The molecule has 0 saturated heterocycles. The second-order valence-corrected chi connectivity index (χ2v) is 4.66. The molecule has 2 nitrogen and oxygen atoms in total. The summed E-state index contributed by atoms with van der Waals surface area (Å²) >= 11 is 0. The molecule has 0 aliphatic rings. The largest absolute Gasteiger partial charge is 0.325 e. The van der Waals surface area contributed by atoms with Gasteiger partial charge in [0.2, 0.25) is 0 Å². The third-order valence-corrected chi connectivity index (χ3v) is 2.29. The molecule has 0 fully saturated rings. The first-order valence-corrected chi connectivity index (χ1v) is 5.18. The van der Waals surface area contributed by atoms with E-state index in [0.717, 1.165) is 17.6 Å². The van der Waals surface area contributed by atoms with Crippen molar-refractivity contribution in [3.8, 4) is 0 Å². The number of hydrogen-bond donors (Lipinski definition) is 1. The molecule has 2 rings (SSSR count). The molecule has 0 aliphatic heterocycles. The quantitative estimate of drug-likeness (QED) is 0.911. The van der Waals surface area contributed by atoms with E-state index in [1.807, 2.05) is 32.0 Å². The van der Waals surface area contributed by atoms with Crippen molar-refractivity contribution in [2.45, 2.75) is 25.8 Å². The molecule has 4 heteroatoms. The average Bonchev–Trinajstić information content (AvgIpc) is 2.15.